The van der Waals surface area contributed by atoms with Crippen molar-refractivity contribution in [1.82, 2.24) is 15.2 Å². The van der Waals surface area contributed by atoms with E-state index in [4.69, 9.17) is 21.1 Å². The van der Waals surface area contributed by atoms with Crippen LogP contribution in [0.25, 0.3) is 22.2 Å². The predicted molar refractivity (Wildman–Crippen MR) is 131 cm³/mol. The van der Waals surface area contributed by atoms with E-state index in [2.05, 4.69) is 24.8 Å². The van der Waals surface area contributed by atoms with Gasteiger partial charge >= 0.3 is 0 Å². The summed E-state index contributed by atoms with van der Waals surface area (Å²) in [5.74, 6) is 1.31. The molecule has 0 aliphatic carbocycles. The zero-order chi connectivity index (χ0) is 23.7. The maximum atomic E-state index is 13.1. The maximum Gasteiger partial charge on any atom is 0.261 e. The maximum absolute atomic E-state index is 13.1. The van der Waals surface area contributed by atoms with E-state index in [0.717, 1.165) is 24.3 Å². The first-order chi connectivity index (χ1) is 16.5. The number of benzene rings is 2. The molecule has 0 spiro atoms. The molecule has 5 rings (SSSR count). The zero-order valence-electron chi connectivity index (χ0n) is 18.3. The number of nitrogens with zero attached hydrogens (tertiary/aromatic N) is 3. The van der Waals surface area contributed by atoms with Gasteiger partial charge in [0, 0.05) is 30.4 Å². The molecule has 0 unspecified atom stereocenters. The largest absolute Gasteiger partial charge is 0.496 e. The number of anilines is 2. The minimum atomic E-state index is -3.90. The molecule has 34 heavy (non-hydrogen) atoms. The van der Waals surface area contributed by atoms with Crippen molar-refractivity contribution in [1.29, 1.82) is 0 Å². The fourth-order valence-corrected chi connectivity index (χ4v) is 5.23. The highest BCUT2D eigenvalue weighted by Gasteiger charge is 2.21. The highest BCUT2D eigenvalue weighted by molar-refractivity contribution is 7.92. The van der Waals surface area contributed by atoms with Crippen molar-refractivity contribution in [3.8, 4) is 16.9 Å². The molecule has 11 heteroatoms. The summed E-state index contributed by atoms with van der Waals surface area (Å²) in [4.78, 5) is 6.72. The molecule has 0 amide bonds. The Labute approximate surface area is 201 Å². The van der Waals surface area contributed by atoms with Gasteiger partial charge in [-0.1, -0.05) is 23.7 Å². The van der Waals surface area contributed by atoms with E-state index < -0.39 is 10.0 Å². The first kappa shape index (κ1) is 22.5. The van der Waals surface area contributed by atoms with Crippen LogP contribution >= 0.6 is 11.6 Å². The molecule has 0 saturated carbocycles. The number of H-pyrrole nitrogens is 1. The molecule has 2 aromatic carbocycles. The van der Waals surface area contributed by atoms with Gasteiger partial charge < -0.3 is 14.4 Å². The van der Waals surface area contributed by atoms with Crippen LogP contribution in [0.1, 0.15) is 0 Å². The smallest absolute Gasteiger partial charge is 0.261 e. The van der Waals surface area contributed by atoms with Crippen molar-refractivity contribution in [3.63, 3.8) is 0 Å². The Bertz CT molecular complexity index is 1450. The summed E-state index contributed by atoms with van der Waals surface area (Å²) in [6.07, 6.45) is 1.67. The lowest BCUT2D eigenvalue weighted by Gasteiger charge is -2.26. The molecule has 1 saturated heterocycles. The fraction of sp³-hybridized carbons (Fsp3) is 0.217. The molecule has 9 nitrogen and oxygen atoms in total. The van der Waals surface area contributed by atoms with Crippen LogP contribution in [0.15, 0.2) is 59.6 Å². The van der Waals surface area contributed by atoms with Crippen LogP contribution in [0.5, 0.6) is 5.75 Å². The van der Waals surface area contributed by atoms with E-state index >= 15 is 0 Å². The molecule has 0 bridgehead atoms. The van der Waals surface area contributed by atoms with E-state index in [9.17, 15) is 8.42 Å². The van der Waals surface area contributed by atoms with Gasteiger partial charge in [0.2, 0.25) is 0 Å². The van der Waals surface area contributed by atoms with Gasteiger partial charge in [0.1, 0.15) is 5.75 Å². The van der Waals surface area contributed by atoms with Crippen LogP contribution in [-0.2, 0) is 14.8 Å². The van der Waals surface area contributed by atoms with Gasteiger partial charge in [-0.05, 0) is 36.4 Å². The number of hydrogen-bond donors (Lipinski definition) is 2. The number of halogens is 1. The third-order valence-corrected chi connectivity index (χ3v) is 7.31. The number of morpholine rings is 1. The number of hydrogen-bond acceptors (Lipinski definition) is 7. The summed E-state index contributed by atoms with van der Waals surface area (Å²) in [6.45, 7) is 2.73. The second-order valence-corrected chi connectivity index (χ2v) is 9.80. The van der Waals surface area contributed by atoms with Gasteiger partial charge in [-0.15, -0.1) is 0 Å². The minimum Gasteiger partial charge on any atom is -0.496 e. The lowest BCUT2D eigenvalue weighted by molar-refractivity contribution is 0.122. The quantitative estimate of drug-likeness (QED) is 0.413. The van der Waals surface area contributed by atoms with Gasteiger partial charge in [0.25, 0.3) is 10.0 Å². The second kappa shape index (κ2) is 9.13. The number of aromatic nitrogens is 3. The van der Waals surface area contributed by atoms with Gasteiger partial charge in [0.15, 0.2) is 11.5 Å². The number of para-hydroxylation sites is 1. The summed E-state index contributed by atoms with van der Waals surface area (Å²) in [5, 5.41) is 8.56. The molecule has 1 fully saturated rings. The molecule has 1 aliphatic heterocycles. The molecule has 2 N–H and O–H groups in total. The van der Waals surface area contributed by atoms with E-state index in [1.807, 2.05) is 6.07 Å². The predicted octanol–water partition coefficient (Wildman–Crippen LogP) is 3.92. The van der Waals surface area contributed by atoms with Gasteiger partial charge in [-0.2, -0.15) is 5.10 Å². The van der Waals surface area contributed by atoms with Crippen LogP contribution in [-0.4, -0.2) is 57.0 Å². The molecular weight excluding hydrogens is 478 g/mol. The number of fused-ring (bicyclic) bond motifs is 1. The number of ether oxygens (including phenoxy) is 2. The van der Waals surface area contributed by atoms with Crippen molar-refractivity contribution < 1.29 is 17.9 Å². The lowest BCUT2D eigenvalue weighted by atomic mass is 10.1. The summed E-state index contributed by atoms with van der Waals surface area (Å²) in [7, 11) is -2.36. The van der Waals surface area contributed by atoms with Crippen LogP contribution in [0.3, 0.4) is 0 Å². The summed E-state index contributed by atoms with van der Waals surface area (Å²) >= 11 is 6.14. The van der Waals surface area contributed by atoms with Crippen LogP contribution < -0.4 is 14.4 Å². The molecule has 2 aromatic heterocycles. The summed E-state index contributed by atoms with van der Waals surface area (Å²) in [6, 6.07) is 13.3. The minimum absolute atomic E-state index is 0.0731. The van der Waals surface area contributed by atoms with Crippen molar-refractivity contribution in [2.24, 2.45) is 0 Å². The average molecular weight is 500 g/mol. The third-order valence-electron chi connectivity index (χ3n) is 5.62. The zero-order valence-corrected chi connectivity index (χ0v) is 19.9. The summed E-state index contributed by atoms with van der Waals surface area (Å²) in [5.41, 5.74) is 2.25. The van der Waals surface area contributed by atoms with E-state index in [1.165, 1.54) is 13.2 Å². The first-order valence-corrected chi connectivity index (χ1v) is 12.4. The second-order valence-electron chi connectivity index (χ2n) is 7.71. The Morgan fingerprint density at radius 2 is 1.94 bits per heavy atom. The number of rotatable bonds is 6. The van der Waals surface area contributed by atoms with Gasteiger partial charge in [-0.3, -0.25) is 9.82 Å². The number of methoxy groups -OCH3 is 1. The average Bonchev–Trinajstić information content (AvgIpc) is 3.29. The number of sulfonamides is 1. The summed E-state index contributed by atoms with van der Waals surface area (Å²) < 4.78 is 39.7. The topological polar surface area (TPSA) is 109 Å². The van der Waals surface area contributed by atoms with Crippen LogP contribution in [0, 0.1) is 0 Å². The Hall–Kier alpha value is -3.34. The highest BCUT2D eigenvalue weighted by Crippen LogP contribution is 2.35. The molecule has 1 aliphatic rings. The Kier molecular flexibility index (Phi) is 6.03. The fourth-order valence-electron chi connectivity index (χ4n) is 3.88. The van der Waals surface area contributed by atoms with Crippen molar-refractivity contribution in [2.75, 3.05) is 43.0 Å². The van der Waals surface area contributed by atoms with Crippen molar-refractivity contribution in [2.45, 2.75) is 4.90 Å². The number of pyridine rings is 1. The van der Waals surface area contributed by atoms with E-state index in [-0.39, 0.29) is 4.90 Å². The SMILES string of the molecule is COc1ccc(S(=O)(=O)Nc2ccccc2Cl)cc1-c1cnc2[nH]nc(N3CCOCC3)c2c1. The monoisotopic (exact) mass is 499 g/mol. The van der Waals surface area contributed by atoms with E-state index in [1.54, 1.807) is 42.6 Å². The Morgan fingerprint density at radius 1 is 1.15 bits per heavy atom. The van der Waals surface area contributed by atoms with E-state index in [0.29, 0.717) is 46.4 Å². The third kappa shape index (κ3) is 4.27. The molecule has 3 heterocycles. The molecule has 4 aromatic rings. The lowest BCUT2D eigenvalue weighted by Crippen LogP contribution is -2.36. The molecule has 176 valence electrons. The number of nitrogens with one attached hydrogen (secondary N) is 2. The van der Waals surface area contributed by atoms with Gasteiger partial charge in [-0.25, -0.2) is 13.4 Å². The van der Waals surface area contributed by atoms with Crippen LogP contribution in [0.2, 0.25) is 5.02 Å². The standard InChI is InChI=1S/C23H22ClN5O4S/c1-32-21-7-6-16(34(30,31)28-20-5-3-2-4-19(20)24)13-17(21)15-12-18-22(25-14-15)26-27-23(18)29-8-10-33-11-9-29/h2-7,12-14,28H,8-11H2,1H3,(H,25,26,27). The molecule has 0 atom stereocenters. The van der Waals surface area contributed by atoms with Crippen molar-refractivity contribution >= 4 is 44.2 Å². The normalized spacial score (nSPS) is 14.4. The molecular formula is C23H22ClN5O4S. The Balaban J connectivity index is 1.56. The van der Waals surface area contributed by atoms with Gasteiger partial charge in [0.05, 0.1) is 41.3 Å². The highest BCUT2D eigenvalue weighted by atomic mass is 35.5. The first-order valence-electron chi connectivity index (χ1n) is 10.6. The Morgan fingerprint density at radius 3 is 2.71 bits per heavy atom. The number of aromatic amines is 1. The molecule has 0 radical (unpaired) electrons. The van der Waals surface area contributed by atoms with Crippen molar-refractivity contribution in [3.05, 3.63) is 59.8 Å². The van der Waals surface area contributed by atoms with Crippen LogP contribution in [0.4, 0.5) is 11.5 Å².